The van der Waals surface area contributed by atoms with E-state index >= 15 is 0 Å². The first-order chi connectivity index (χ1) is 10.4. The van der Waals surface area contributed by atoms with Gasteiger partial charge in [-0.25, -0.2) is 9.78 Å². The molecule has 0 atom stereocenters. The number of hydrogen-bond donors (Lipinski definition) is 1. The van der Waals surface area contributed by atoms with Gasteiger partial charge in [-0.15, -0.1) is 22.7 Å². The van der Waals surface area contributed by atoms with E-state index in [2.05, 4.69) is 10.3 Å². The Morgan fingerprint density at radius 1 is 1.32 bits per heavy atom. The smallest absolute Gasteiger partial charge is 0.341 e. The van der Waals surface area contributed by atoms with Gasteiger partial charge in [-0.05, 0) is 32.4 Å². The van der Waals surface area contributed by atoms with Crippen molar-refractivity contribution in [2.75, 3.05) is 12.4 Å². The molecule has 0 bridgehead atoms. The van der Waals surface area contributed by atoms with Crippen molar-refractivity contribution in [3.8, 4) is 0 Å². The van der Waals surface area contributed by atoms with Crippen molar-refractivity contribution < 1.29 is 14.3 Å². The Balaban J connectivity index is 2.16. The van der Waals surface area contributed by atoms with Crippen LogP contribution in [0.3, 0.4) is 0 Å². The number of methoxy groups -OCH3 is 1. The molecule has 1 N–H and O–H groups in total. The lowest BCUT2D eigenvalue weighted by Gasteiger charge is -2.03. The van der Waals surface area contributed by atoms with Gasteiger partial charge in [0.05, 0.1) is 23.4 Å². The highest BCUT2D eigenvalue weighted by Gasteiger charge is 2.20. The number of aromatic nitrogens is 1. The fraction of sp³-hybridized carbons (Fsp3) is 0.267. The predicted octanol–water partition coefficient (Wildman–Crippen LogP) is 3.57. The van der Waals surface area contributed by atoms with E-state index in [1.807, 2.05) is 26.2 Å². The van der Waals surface area contributed by atoms with Crippen LogP contribution in [0, 0.1) is 20.8 Å². The Morgan fingerprint density at radius 3 is 2.64 bits per heavy atom. The first-order valence-corrected chi connectivity index (χ1v) is 8.21. The largest absolute Gasteiger partial charge is 0.465 e. The highest BCUT2D eigenvalue weighted by atomic mass is 32.1. The number of aryl methyl sites for hydroxylation is 2. The van der Waals surface area contributed by atoms with E-state index in [9.17, 15) is 9.59 Å². The molecule has 2 aromatic heterocycles. The van der Waals surface area contributed by atoms with E-state index in [4.69, 9.17) is 4.74 Å². The molecule has 7 heteroatoms. The van der Waals surface area contributed by atoms with Gasteiger partial charge >= 0.3 is 5.97 Å². The summed E-state index contributed by atoms with van der Waals surface area (Å²) in [5.41, 5.74) is 1.98. The summed E-state index contributed by atoms with van der Waals surface area (Å²) in [5.74, 6) is -0.756. The van der Waals surface area contributed by atoms with Gasteiger partial charge in [0.25, 0.3) is 0 Å². The first-order valence-electron chi connectivity index (χ1n) is 6.52. The van der Waals surface area contributed by atoms with Gasteiger partial charge in [-0.3, -0.25) is 4.79 Å². The van der Waals surface area contributed by atoms with Crippen LogP contribution < -0.4 is 5.32 Å². The second-order valence-corrected chi connectivity index (χ2v) is 6.88. The minimum atomic E-state index is -0.448. The van der Waals surface area contributed by atoms with E-state index < -0.39 is 5.97 Å². The first kappa shape index (κ1) is 16.4. The number of carbonyl (C=O) groups is 2. The quantitative estimate of drug-likeness (QED) is 0.684. The number of nitrogens with zero attached hydrogens (tertiary/aromatic N) is 1. The Labute approximate surface area is 136 Å². The molecular formula is C15H16N2O3S2. The topological polar surface area (TPSA) is 68.3 Å². The number of thiazole rings is 1. The summed E-state index contributed by atoms with van der Waals surface area (Å²) >= 11 is 2.88. The molecular weight excluding hydrogens is 320 g/mol. The van der Waals surface area contributed by atoms with Crippen LogP contribution in [-0.2, 0) is 9.53 Å². The summed E-state index contributed by atoms with van der Waals surface area (Å²) in [5, 5.41) is 6.05. The standard InChI is InChI=1S/C15H16N2O3S2/c1-8-9(2)22-14(13(8)15(19)20-4)17-12(18)6-5-11-7-21-10(3)16-11/h5-7H,1-4H3,(H,17,18)/b6-5+. The average molecular weight is 336 g/mol. The number of rotatable bonds is 4. The molecule has 0 radical (unpaired) electrons. The highest BCUT2D eigenvalue weighted by Crippen LogP contribution is 2.32. The van der Waals surface area contributed by atoms with Crippen molar-refractivity contribution in [1.29, 1.82) is 0 Å². The molecule has 0 fully saturated rings. The molecule has 0 aliphatic heterocycles. The van der Waals surface area contributed by atoms with E-state index in [1.165, 1.54) is 35.9 Å². The molecule has 22 heavy (non-hydrogen) atoms. The number of amides is 1. The van der Waals surface area contributed by atoms with Crippen LogP contribution in [0.1, 0.15) is 31.5 Å². The number of nitrogens with one attached hydrogen (secondary N) is 1. The monoisotopic (exact) mass is 336 g/mol. The zero-order chi connectivity index (χ0) is 16.3. The molecule has 0 saturated carbocycles. The van der Waals surface area contributed by atoms with E-state index in [0.29, 0.717) is 10.6 Å². The van der Waals surface area contributed by atoms with Gasteiger partial charge in [0.15, 0.2) is 0 Å². The normalized spacial score (nSPS) is 10.9. The van der Waals surface area contributed by atoms with Crippen LogP contribution >= 0.6 is 22.7 Å². The lowest BCUT2D eigenvalue weighted by atomic mass is 10.1. The summed E-state index contributed by atoms with van der Waals surface area (Å²) < 4.78 is 4.77. The number of anilines is 1. The molecule has 0 saturated heterocycles. The van der Waals surface area contributed by atoms with E-state index in [1.54, 1.807) is 6.08 Å². The highest BCUT2D eigenvalue weighted by molar-refractivity contribution is 7.16. The number of carbonyl (C=O) groups excluding carboxylic acids is 2. The van der Waals surface area contributed by atoms with Gasteiger partial charge < -0.3 is 10.1 Å². The Hall–Kier alpha value is -1.99. The molecule has 2 aromatic rings. The number of hydrogen-bond acceptors (Lipinski definition) is 6. The van der Waals surface area contributed by atoms with Crippen molar-refractivity contribution in [1.82, 2.24) is 4.98 Å². The van der Waals surface area contributed by atoms with Crippen molar-refractivity contribution in [2.24, 2.45) is 0 Å². The van der Waals surface area contributed by atoms with Gasteiger partial charge in [0.2, 0.25) is 5.91 Å². The third kappa shape index (κ3) is 3.61. The maximum absolute atomic E-state index is 12.0. The third-order valence-electron chi connectivity index (χ3n) is 3.05. The van der Waals surface area contributed by atoms with E-state index in [0.717, 1.165) is 21.1 Å². The molecule has 2 rings (SSSR count). The second kappa shape index (κ2) is 6.85. The Bertz CT molecular complexity index is 744. The van der Waals surface area contributed by atoms with Crippen molar-refractivity contribution >= 4 is 45.6 Å². The fourth-order valence-corrected chi connectivity index (χ4v) is 3.47. The van der Waals surface area contributed by atoms with Gasteiger partial charge in [0.1, 0.15) is 5.00 Å². The zero-order valence-electron chi connectivity index (χ0n) is 12.7. The molecule has 1 amide bonds. The summed E-state index contributed by atoms with van der Waals surface area (Å²) in [6.07, 6.45) is 3.05. The van der Waals surface area contributed by atoms with Crippen LogP contribution in [0.2, 0.25) is 0 Å². The maximum Gasteiger partial charge on any atom is 0.341 e. The maximum atomic E-state index is 12.0. The number of thiophene rings is 1. The zero-order valence-corrected chi connectivity index (χ0v) is 14.4. The van der Waals surface area contributed by atoms with Crippen molar-refractivity contribution in [3.05, 3.63) is 38.2 Å². The SMILES string of the molecule is COC(=O)c1c(NC(=O)/C=C/c2csc(C)n2)sc(C)c1C. The average Bonchev–Trinajstić information content (AvgIpc) is 3.01. The molecule has 0 aliphatic carbocycles. The number of esters is 1. The number of ether oxygens (including phenoxy) is 1. The van der Waals surface area contributed by atoms with E-state index in [-0.39, 0.29) is 5.91 Å². The predicted molar refractivity (Wildman–Crippen MR) is 89.6 cm³/mol. The van der Waals surface area contributed by atoms with Crippen LogP contribution in [0.15, 0.2) is 11.5 Å². The molecule has 5 nitrogen and oxygen atoms in total. The van der Waals surface area contributed by atoms with Crippen molar-refractivity contribution in [2.45, 2.75) is 20.8 Å². The summed E-state index contributed by atoms with van der Waals surface area (Å²) in [6.45, 7) is 5.64. The minimum Gasteiger partial charge on any atom is -0.465 e. The Kier molecular flexibility index (Phi) is 5.10. The lowest BCUT2D eigenvalue weighted by Crippen LogP contribution is -2.11. The summed E-state index contributed by atoms with van der Waals surface area (Å²) in [6, 6.07) is 0. The summed E-state index contributed by atoms with van der Waals surface area (Å²) in [7, 11) is 1.32. The Morgan fingerprint density at radius 2 is 2.05 bits per heavy atom. The lowest BCUT2D eigenvalue weighted by molar-refractivity contribution is -0.111. The molecule has 0 aliphatic rings. The second-order valence-electron chi connectivity index (χ2n) is 4.59. The van der Waals surface area contributed by atoms with Gasteiger partial charge in [-0.1, -0.05) is 0 Å². The van der Waals surface area contributed by atoms with Crippen LogP contribution in [0.25, 0.3) is 6.08 Å². The molecule has 0 aromatic carbocycles. The fourth-order valence-electron chi connectivity index (χ4n) is 1.83. The van der Waals surface area contributed by atoms with Gasteiger partial charge in [-0.2, -0.15) is 0 Å². The van der Waals surface area contributed by atoms with Crippen LogP contribution in [-0.4, -0.2) is 24.0 Å². The van der Waals surface area contributed by atoms with Crippen LogP contribution in [0.4, 0.5) is 5.00 Å². The van der Waals surface area contributed by atoms with Gasteiger partial charge in [0, 0.05) is 16.3 Å². The summed E-state index contributed by atoms with van der Waals surface area (Å²) in [4.78, 5) is 29.1. The molecule has 0 spiro atoms. The van der Waals surface area contributed by atoms with Crippen molar-refractivity contribution in [3.63, 3.8) is 0 Å². The molecule has 116 valence electrons. The molecule has 2 heterocycles. The minimum absolute atomic E-state index is 0.308. The molecule has 0 unspecified atom stereocenters. The third-order valence-corrected chi connectivity index (χ3v) is 4.97. The van der Waals surface area contributed by atoms with Crippen LogP contribution in [0.5, 0.6) is 0 Å².